The van der Waals surface area contributed by atoms with Crippen molar-refractivity contribution >= 4 is 55.0 Å². The number of nitrogens with two attached hydrogens (primary N) is 5. The molecule has 0 radical (unpaired) electrons. The molecule has 0 aromatic heterocycles. The Hall–Kier alpha value is 0.1000. The first-order valence-corrected chi connectivity index (χ1v) is 18.1. The Morgan fingerprint density at radius 3 is 1.65 bits per heavy atom. The summed E-state index contributed by atoms with van der Waals surface area (Å²) >= 11 is 0. The van der Waals surface area contributed by atoms with Gasteiger partial charge in [0.05, 0.1) is 24.7 Å². The number of hydrogen-bond donors (Lipinski definition) is 8. The summed E-state index contributed by atoms with van der Waals surface area (Å²) in [6, 6.07) is 0. The summed E-state index contributed by atoms with van der Waals surface area (Å²) in [4.78, 5) is 25.5. The van der Waals surface area contributed by atoms with Crippen molar-refractivity contribution in [2.75, 3.05) is 18.6 Å². The molecule has 2 aliphatic rings. The van der Waals surface area contributed by atoms with Crippen molar-refractivity contribution in [3.05, 3.63) is 0 Å². The lowest BCUT2D eigenvalue weighted by Crippen LogP contribution is -2.67. The number of carbonyl (C=O) groups excluding carboxylic acids is 2. The highest BCUT2D eigenvalue weighted by atomic mass is 33.1. The average Bonchev–Trinajstić information content (AvgIpc) is 3.55. The Balaban J connectivity index is 1.89. The molecule has 0 aliphatic carbocycles. The second-order valence-corrected chi connectivity index (χ2v) is 15.5. The minimum absolute atomic E-state index is 0.103. The molecule has 14 heteroatoms. The molecular weight excluding hydrogens is 549 g/mol. The zero-order chi connectivity index (χ0) is 27.2. The van der Waals surface area contributed by atoms with E-state index in [1.807, 2.05) is 43.2 Å². The average molecular weight is 597 g/mol. The first-order valence-electron chi connectivity index (χ1n) is 13.3. The summed E-state index contributed by atoms with van der Waals surface area (Å²) in [7, 11) is 9.48. The van der Waals surface area contributed by atoms with Gasteiger partial charge in [-0.15, -0.1) is 0 Å². The van der Waals surface area contributed by atoms with Gasteiger partial charge in [-0.2, -0.15) is 0 Å². The summed E-state index contributed by atoms with van der Waals surface area (Å²) in [5.74, 6) is 0.907. The lowest BCUT2D eigenvalue weighted by molar-refractivity contribution is -0.123. The maximum Gasteiger partial charge on any atom is 0.221 e. The molecule has 0 aromatic rings. The van der Waals surface area contributed by atoms with Crippen LogP contribution in [0.4, 0.5) is 0 Å². The Morgan fingerprint density at radius 2 is 1.24 bits per heavy atom. The molecule has 5 unspecified atom stereocenters. The first-order chi connectivity index (χ1) is 17.7. The standard InChI is InChI=1S/C23H48N8O2S4/c1-29-23(31-17(33)9-5-3-7-15-11-13-35-37-15)19(18(20(24)25)21(26)27)22(28)30-16(32)8-4-2-6-14-10-12-34-36-14/h14-15,18-23,29H,2-13,24-28H2,1H3,(H,30,32)(H,31,33). The number of unbranched alkanes of at least 4 members (excludes halogenated alkanes) is 2. The Bertz CT molecular complexity index is 659. The number of amides is 2. The van der Waals surface area contributed by atoms with Crippen LogP contribution in [0.3, 0.4) is 0 Å². The quantitative estimate of drug-likeness (QED) is 0.0639. The van der Waals surface area contributed by atoms with Gasteiger partial charge in [0, 0.05) is 46.7 Å². The van der Waals surface area contributed by atoms with E-state index in [1.54, 1.807) is 7.05 Å². The van der Waals surface area contributed by atoms with Crippen molar-refractivity contribution in [3.8, 4) is 0 Å². The minimum Gasteiger partial charge on any atom is -0.341 e. The van der Waals surface area contributed by atoms with Gasteiger partial charge in [0.2, 0.25) is 11.8 Å². The highest BCUT2D eigenvalue weighted by Crippen LogP contribution is 2.40. The van der Waals surface area contributed by atoms with Crippen LogP contribution in [0.25, 0.3) is 0 Å². The maximum absolute atomic E-state index is 12.8. The van der Waals surface area contributed by atoms with E-state index in [0.29, 0.717) is 23.3 Å². The minimum atomic E-state index is -0.885. The molecular formula is C23H48N8O2S4. The number of nitrogens with one attached hydrogen (secondary N) is 3. The summed E-state index contributed by atoms with van der Waals surface area (Å²) in [5.41, 5.74) is 30.7. The van der Waals surface area contributed by atoms with E-state index < -0.39 is 36.5 Å². The molecule has 2 heterocycles. The van der Waals surface area contributed by atoms with Crippen LogP contribution in [-0.2, 0) is 9.59 Å². The maximum atomic E-state index is 12.8. The first kappa shape index (κ1) is 33.3. The van der Waals surface area contributed by atoms with Crippen molar-refractivity contribution < 1.29 is 9.59 Å². The van der Waals surface area contributed by atoms with Gasteiger partial charge in [0.25, 0.3) is 0 Å². The van der Waals surface area contributed by atoms with Crippen LogP contribution < -0.4 is 44.6 Å². The van der Waals surface area contributed by atoms with Crippen LogP contribution in [0.1, 0.15) is 64.2 Å². The fourth-order valence-corrected chi connectivity index (χ4v) is 10.9. The highest BCUT2D eigenvalue weighted by Gasteiger charge is 2.39. The second kappa shape index (κ2) is 18.4. The van der Waals surface area contributed by atoms with Crippen molar-refractivity contribution in [2.24, 2.45) is 40.5 Å². The molecule has 2 rings (SSSR count). The Morgan fingerprint density at radius 1 is 0.757 bits per heavy atom. The van der Waals surface area contributed by atoms with E-state index in [2.05, 4.69) is 16.0 Å². The topological polar surface area (TPSA) is 200 Å². The number of carbonyl (C=O) groups is 2. The summed E-state index contributed by atoms with van der Waals surface area (Å²) in [6.45, 7) is 0. The molecule has 13 N–H and O–H groups in total. The largest absolute Gasteiger partial charge is 0.341 e. The van der Waals surface area contributed by atoms with Crippen LogP contribution in [0.5, 0.6) is 0 Å². The molecule has 0 aromatic carbocycles. The predicted molar refractivity (Wildman–Crippen MR) is 162 cm³/mol. The molecule has 37 heavy (non-hydrogen) atoms. The number of hydrogen-bond acceptors (Lipinski definition) is 12. The smallest absolute Gasteiger partial charge is 0.221 e. The van der Waals surface area contributed by atoms with Gasteiger partial charge in [0.1, 0.15) is 0 Å². The summed E-state index contributed by atoms with van der Waals surface area (Å²) in [5, 5.41) is 10.4. The molecule has 0 saturated carbocycles. The zero-order valence-electron chi connectivity index (χ0n) is 21.9. The third kappa shape index (κ3) is 12.4. The van der Waals surface area contributed by atoms with Gasteiger partial charge in [-0.05, 0) is 45.6 Å². The Kier molecular flexibility index (Phi) is 16.6. The highest BCUT2D eigenvalue weighted by molar-refractivity contribution is 8.77. The Labute approximate surface area is 238 Å². The molecule has 0 spiro atoms. The number of rotatable bonds is 18. The van der Waals surface area contributed by atoms with Crippen LogP contribution in [0.15, 0.2) is 0 Å². The molecule has 2 aliphatic heterocycles. The third-order valence-corrected chi connectivity index (χ3v) is 12.9. The van der Waals surface area contributed by atoms with Crippen LogP contribution in [-0.4, -0.2) is 65.5 Å². The third-order valence-electron chi connectivity index (χ3n) is 6.90. The SMILES string of the molecule is CNC(NC(=O)CCCCC1CCSS1)C(C(N)NC(=O)CCCCC1CCSS1)C(C(N)N)C(N)N. The molecule has 2 amide bonds. The monoisotopic (exact) mass is 596 g/mol. The molecule has 0 bridgehead atoms. The second-order valence-electron chi connectivity index (χ2n) is 9.89. The van der Waals surface area contributed by atoms with E-state index in [4.69, 9.17) is 28.7 Å². The van der Waals surface area contributed by atoms with Crippen molar-refractivity contribution in [1.82, 2.24) is 16.0 Å². The molecule has 2 fully saturated rings. The van der Waals surface area contributed by atoms with Gasteiger partial charge in [-0.3, -0.25) is 9.59 Å². The van der Waals surface area contributed by atoms with Crippen molar-refractivity contribution in [3.63, 3.8) is 0 Å². The normalized spacial score (nSPS) is 22.5. The van der Waals surface area contributed by atoms with Gasteiger partial charge < -0.3 is 44.6 Å². The van der Waals surface area contributed by atoms with E-state index in [9.17, 15) is 9.59 Å². The molecule has 10 nitrogen and oxygen atoms in total. The summed E-state index contributed by atoms with van der Waals surface area (Å²) < 4.78 is 0. The summed E-state index contributed by atoms with van der Waals surface area (Å²) in [6.07, 6.45) is 5.91. The van der Waals surface area contributed by atoms with Crippen LogP contribution in [0.2, 0.25) is 0 Å². The molecule has 5 atom stereocenters. The van der Waals surface area contributed by atoms with E-state index in [0.717, 1.165) is 38.5 Å². The fourth-order valence-electron chi connectivity index (χ4n) is 4.84. The van der Waals surface area contributed by atoms with Gasteiger partial charge in [-0.25, -0.2) is 0 Å². The van der Waals surface area contributed by atoms with Crippen molar-refractivity contribution in [1.29, 1.82) is 0 Å². The molecule has 216 valence electrons. The van der Waals surface area contributed by atoms with Crippen LogP contribution >= 0.6 is 43.2 Å². The molecule has 2 saturated heterocycles. The fraction of sp³-hybridized carbons (Fsp3) is 0.913. The van der Waals surface area contributed by atoms with E-state index in [-0.39, 0.29) is 11.8 Å². The predicted octanol–water partition coefficient (Wildman–Crippen LogP) is 1.20. The van der Waals surface area contributed by atoms with Gasteiger partial charge in [-0.1, -0.05) is 56.0 Å². The lowest BCUT2D eigenvalue weighted by atomic mass is 9.82. The van der Waals surface area contributed by atoms with E-state index >= 15 is 0 Å². The van der Waals surface area contributed by atoms with E-state index in [1.165, 1.54) is 24.3 Å². The van der Waals surface area contributed by atoms with Gasteiger partial charge in [0.15, 0.2) is 0 Å². The van der Waals surface area contributed by atoms with Crippen LogP contribution in [0, 0.1) is 11.8 Å². The zero-order valence-corrected chi connectivity index (χ0v) is 25.2. The van der Waals surface area contributed by atoms with Gasteiger partial charge >= 0.3 is 0 Å². The lowest BCUT2D eigenvalue weighted by Gasteiger charge is -2.41. The van der Waals surface area contributed by atoms with Crippen molar-refractivity contribution in [2.45, 2.75) is 99.4 Å².